The van der Waals surface area contributed by atoms with Crippen molar-refractivity contribution in [2.75, 3.05) is 14.2 Å². The highest BCUT2D eigenvalue weighted by molar-refractivity contribution is 7.28. The van der Waals surface area contributed by atoms with Crippen LogP contribution in [0.4, 0.5) is 0 Å². The minimum Gasteiger partial charge on any atom is -0.496 e. The van der Waals surface area contributed by atoms with Crippen LogP contribution in [-0.2, 0) is 0 Å². The van der Waals surface area contributed by atoms with Gasteiger partial charge in [0.1, 0.15) is 11.5 Å². The molecule has 134 valence electrons. The lowest BCUT2D eigenvalue weighted by atomic mass is 10.3. The molecule has 0 bridgehead atoms. The maximum Gasteiger partial charge on any atom is 0.133 e. The molecular formula is C20H18O2S4. The van der Waals surface area contributed by atoms with Crippen LogP contribution < -0.4 is 9.47 Å². The molecule has 4 rings (SSSR count). The van der Waals surface area contributed by atoms with Gasteiger partial charge in [-0.3, -0.25) is 0 Å². The van der Waals surface area contributed by atoms with E-state index < -0.39 is 0 Å². The Hall–Kier alpha value is -1.60. The molecule has 0 aliphatic heterocycles. The molecule has 0 spiro atoms. The van der Waals surface area contributed by atoms with E-state index in [4.69, 9.17) is 9.47 Å². The molecule has 0 unspecified atom stereocenters. The summed E-state index contributed by atoms with van der Waals surface area (Å²) < 4.78 is 10.8. The lowest BCUT2D eigenvalue weighted by Crippen LogP contribution is -1.79. The fourth-order valence-electron chi connectivity index (χ4n) is 2.78. The molecule has 0 aliphatic carbocycles. The zero-order valence-corrected chi connectivity index (χ0v) is 18.2. The second-order valence-electron chi connectivity index (χ2n) is 5.80. The quantitative estimate of drug-likeness (QED) is 0.333. The lowest BCUT2D eigenvalue weighted by molar-refractivity contribution is 0.414. The van der Waals surface area contributed by atoms with Crippen molar-refractivity contribution < 1.29 is 9.47 Å². The highest BCUT2D eigenvalue weighted by Gasteiger charge is 2.14. The van der Waals surface area contributed by atoms with Crippen LogP contribution in [0.15, 0.2) is 36.4 Å². The van der Waals surface area contributed by atoms with E-state index in [1.54, 1.807) is 36.9 Å². The largest absolute Gasteiger partial charge is 0.496 e. The first-order valence-electron chi connectivity index (χ1n) is 8.08. The Morgan fingerprint density at radius 3 is 1.19 bits per heavy atom. The molecule has 0 aliphatic rings. The van der Waals surface area contributed by atoms with E-state index in [-0.39, 0.29) is 0 Å². The summed E-state index contributed by atoms with van der Waals surface area (Å²) in [4.78, 5) is 10.2. The van der Waals surface area contributed by atoms with Crippen molar-refractivity contribution in [2.24, 2.45) is 0 Å². The van der Waals surface area contributed by atoms with E-state index in [0.717, 1.165) is 11.5 Å². The molecule has 2 nitrogen and oxygen atoms in total. The molecule has 0 aromatic carbocycles. The molecule has 0 fully saturated rings. The van der Waals surface area contributed by atoms with Crippen LogP contribution in [0, 0.1) is 13.8 Å². The van der Waals surface area contributed by atoms with Crippen molar-refractivity contribution in [1.29, 1.82) is 0 Å². The summed E-state index contributed by atoms with van der Waals surface area (Å²) in [5.41, 5.74) is 0. The summed E-state index contributed by atoms with van der Waals surface area (Å²) in [5.74, 6) is 1.95. The van der Waals surface area contributed by atoms with E-state index in [1.807, 2.05) is 22.7 Å². The molecule has 6 heteroatoms. The molecule has 0 amide bonds. The Balaban J connectivity index is 1.62. The van der Waals surface area contributed by atoms with Gasteiger partial charge in [0.15, 0.2) is 0 Å². The van der Waals surface area contributed by atoms with Gasteiger partial charge in [-0.2, -0.15) is 0 Å². The minimum absolute atomic E-state index is 0.973. The first-order valence-corrected chi connectivity index (χ1v) is 11.3. The standard InChI is InChI=1S/C20H18O2S4/c1-11-13(21-3)9-19(23-11)17-7-5-15(25-17)16-6-8-18(26-16)20-10-14(22-4)12(2)24-20/h5-10H,1-4H3. The second-order valence-corrected chi connectivity index (χ2v) is 10.5. The third-order valence-corrected chi connectivity index (χ3v) is 8.95. The molecule has 0 radical (unpaired) electrons. The maximum atomic E-state index is 5.42. The Kier molecular flexibility index (Phi) is 4.92. The van der Waals surface area contributed by atoms with Gasteiger partial charge in [0, 0.05) is 39.0 Å². The number of aryl methyl sites for hydroxylation is 2. The number of hydrogen-bond acceptors (Lipinski definition) is 6. The van der Waals surface area contributed by atoms with Gasteiger partial charge in [-0.25, -0.2) is 0 Å². The van der Waals surface area contributed by atoms with Crippen LogP contribution in [0.25, 0.3) is 29.3 Å². The fraction of sp³-hybridized carbons (Fsp3) is 0.200. The van der Waals surface area contributed by atoms with Gasteiger partial charge in [-0.05, 0) is 50.2 Å². The van der Waals surface area contributed by atoms with Crippen LogP contribution in [0.5, 0.6) is 11.5 Å². The van der Waals surface area contributed by atoms with Crippen LogP contribution >= 0.6 is 45.3 Å². The smallest absolute Gasteiger partial charge is 0.133 e. The summed E-state index contributed by atoms with van der Waals surface area (Å²) in [5, 5.41) is 0. The topological polar surface area (TPSA) is 18.5 Å². The second kappa shape index (κ2) is 7.19. The number of thiophene rings is 4. The molecule has 4 aromatic heterocycles. The van der Waals surface area contributed by atoms with Crippen molar-refractivity contribution in [3.63, 3.8) is 0 Å². The molecule has 0 saturated carbocycles. The molecular weight excluding hydrogens is 400 g/mol. The third-order valence-electron chi connectivity index (χ3n) is 4.12. The van der Waals surface area contributed by atoms with Gasteiger partial charge in [-0.15, -0.1) is 45.3 Å². The highest BCUT2D eigenvalue weighted by Crippen LogP contribution is 2.45. The Bertz CT molecular complexity index is 963. The van der Waals surface area contributed by atoms with E-state index in [1.165, 1.54) is 39.0 Å². The Labute approximate surface area is 169 Å². The summed E-state index contributed by atoms with van der Waals surface area (Å²) >= 11 is 7.25. The number of methoxy groups -OCH3 is 2. The van der Waals surface area contributed by atoms with Gasteiger partial charge >= 0.3 is 0 Å². The number of ether oxygens (including phenoxy) is 2. The average Bonchev–Trinajstić information content (AvgIpc) is 3.39. The van der Waals surface area contributed by atoms with Crippen molar-refractivity contribution in [2.45, 2.75) is 13.8 Å². The van der Waals surface area contributed by atoms with Crippen molar-refractivity contribution in [3.05, 3.63) is 46.2 Å². The predicted octanol–water partition coefficient (Wildman–Crippen LogP) is 7.57. The highest BCUT2D eigenvalue weighted by atomic mass is 32.1. The SMILES string of the molecule is COc1cc(-c2ccc(-c3ccc(-c4cc(OC)c(C)s4)s3)s2)sc1C. The van der Waals surface area contributed by atoms with Gasteiger partial charge in [-0.1, -0.05) is 0 Å². The Morgan fingerprint density at radius 2 is 0.885 bits per heavy atom. The van der Waals surface area contributed by atoms with Gasteiger partial charge < -0.3 is 9.47 Å². The Morgan fingerprint density at radius 1 is 0.538 bits per heavy atom. The predicted molar refractivity (Wildman–Crippen MR) is 117 cm³/mol. The average molecular weight is 419 g/mol. The molecule has 0 atom stereocenters. The van der Waals surface area contributed by atoms with E-state index >= 15 is 0 Å². The summed E-state index contributed by atoms with van der Waals surface area (Å²) in [7, 11) is 3.46. The lowest BCUT2D eigenvalue weighted by Gasteiger charge is -1.93. The van der Waals surface area contributed by atoms with Crippen LogP contribution in [0.3, 0.4) is 0 Å². The van der Waals surface area contributed by atoms with Crippen LogP contribution in [-0.4, -0.2) is 14.2 Å². The van der Waals surface area contributed by atoms with E-state index in [9.17, 15) is 0 Å². The molecule has 4 aromatic rings. The van der Waals surface area contributed by atoms with E-state index in [0.29, 0.717) is 0 Å². The number of hydrogen-bond donors (Lipinski definition) is 0. The summed E-state index contributed by atoms with van der Waals surface area (Å²) in [6.07, 6.45) is 0. The molecule has 26 heavy (non-hydrogen) atoms. The molecule has 0 saturated heterocycles. The van der Waals surface area contributed by atoms with Crippen molar-refractivity contribution in [3.8, 4) is 40.8 Å². The maximum absolute atomic E-state index is 5.42. The summed E-state index contributed by atoms with van der Waals surface area (Å²) in [6.45, 7) is 4.20. The monoisotopic (exact) mass is 418 g/mol. The van der Waals surface area contributed by atoms with Crippen LogP contribution in [0.2, 0.25) is 0 Å². The third kappa shape index (κ3) is 3.22. The van der Waals surface area contributed by atoms with Gasteiger partial charge in [0.25, 0.3) is 0 Å². The zero-order valence-electron chi connectivity index (χ0n) is 14.9. The summed E-state index contributed by atoms with van der Waals surface area (Å²) in [6, 6.07) is 13.1. The van der Waals surface area contributed by atoms with Gasteiger partial charge in [0.05, 0.1) is 14.2 Å². The van der Waals surface area contributed by atoms with Crippen molar-refractivity contribution >= 4 is 45.3 Å². The fourth-order valence-corrected chi connectivity index (χ4v) is 7.02. The first-order chi connectivity index (χ1) is 12.6. The normalized spacial score (nSPS) is 11.1. The minimum atomic E-state index is 0.973. The zero-order chi connectivity index (χ0) is 18.3. The van der Waals surface area contributed by atoms with E-state index in [2.05, 4.69) is 50.2 Å². The molecule has 4 heterocycles. The molecule has 0 N–H and O–H groups in total. The number of rotatable bonds is 5. The van der Waals surface area contributed by atoms with Crippen molar-refractivity contribution in [1.82, 2.24) is 0 Å². The van der Waals surface area contributed by atoms with Crippen LogP contribution in [0.1, 0.15) is 9.75 Å². The first kappa shape index (κ1) is 17.8. The van der Waals surface area contributed by atoms with Gasteiger partial charge in [0.2, 0.25) is 0 Å².